The van der Waals surface area contributed by atoms with Crippen LogP contribution in [0.3, 0.4) is 0 Å². The number of amides is 1. The molecule has 1 amide bonds. The summed E-state index contributed by atoms with van der Waals surface area (Å²) in [7, 11) is 0. The van der Waals surface area contributed by atoms with Gasteiger partial charge in [-0.15, -0.1) is 10.2 Å². The summed E-state index contributed by atoms with van der Waals surface area (Å²) in [5.74, 6) is 0.497. The Bertz CT molecular complexity index is 941. The minimum absolute atomic E-state index is 0.0777. The summed E-state index contributed by atoms with van der Waals surface area (Å²) < 4.78 is 6.66. The Balaban J connectivity index is 1.68. The maximum Gasteiger partial charge on any atom is 0.251 e. The second-order valence-electron chi connectivity index (χ2n) is 5.77. The molecule has 0 saturated carbocycles. The van der Waals surface area contributed by atoms with Crippen molar-refractivity contribution in [3.05, 3.63) is 70.0 Å². The first kappa shape index (κ1) is 16.6. The first-order valence-electron chi connectivity index (χ1n) is 7.84. The number of nitrogens with zero attached hydrogens (tertiary/aromatic N) is 3. The summed E-state index contributed by atoms with van der Waals surface area (Å²) in [6.07, 6.45) is 1.54. The topological polar surface area (TPSA) is 90.0 Å². The number of hydrogen-bond donors (Lipinski definition) is 1. The molecule has 0 atom stereocenters. The van der Waals surface area contributed by atoms with Crippen LogP contribution in [0.5, 0.6) is 0 Å². The number of aryl methyl sites for hydroxylation is 2. The number of aromatic nitrogens is 3. The number of nitrogens with one attached hydrogen (secondary N) is 1. The van der Waals surface area contributed by atoms with Gasteiger partial charge in [0, 0.05) is 25.7 Å². The van der Waals surface area contributed by atoms with E-state index in [9.17, 15) is 9.59 Å². The molecule has 0 unspecified atom stereocenters. The van der Waals surface area contributed by atoms with Crippen molar-refractivity contribution in [1.29, 1.82) is 0 Å². The van der Waals surface area contributed by atoms with Crippen LogP contribution in [-0.4, -0.2) is 20.7 Å². The van der Waals surface area contributed by atoms with E-state index in [1.165, 1.54) is 10.6 Å². The van der Waals surface area contributed by atoms with Crippen molar-refractivity contribution in [2.24, 2.45) is 0 Å². The Hall–Kier alpha value is -3.22. The van der Waals surface area contributed by atoms with Gasteiger partial charge in [-0.3, -0.25) is 9.59 Å². The van der Waals surface area contributed by atoms with Crippen molar-refractivity contribution in [2.45, 2.75) is 26.9 Å². The van der Waals surface area contributed by atoms with Gasteiger partial charge in [-0.25, -0.2) is 0 Å². The Kier molecular flexibility index (Phi) is 4.74. The normalized spacial score (nSPS) is 10.6. The van der Waals surface area contributed by atoms with Gasteiger partial charge in [0.25, 0.3) is 5.56 Å². The fraction of sp³-hybridized carbons (Fsp3) is 0.222. The summed E-state index contributed by atoms with van der Waals surface area (Å²) in [4.78, 5) is 24.1. The number of carbonyl (C=O) groups excluding carboxylic acids is 1. The van der Waals surface area contributed by atoms with Crippen LogP contribution in [0.4, 0.5) is 0 Å². The van der Waals surface area contributed by atoms with Crippen molar-refractivity contribution in [1.82, 2.24) is 20.1 Å². The van der Waals surface area contributed by atoms with Gasteiger partial charge < -0.3 is 14.3 Å². The van der Waals surface area contributed by atoms with Crippen molar-refractivity contribution in [2.75, 3.05) is 0 Å². The van der Waals surface area contributed by atoms with Crippen LogP contribution in [0.15, 0.2) is 51.8 Å². The molecule has 7 nitrogen and oxygen atoms in total. The molecule has 0 spiro atoms. The van der Waals surface area contributed by atoms with Crippen LogP contribution >= 0.6 is 0 Å². The first-order chi connectivity index (χ1) is 12.0. The van der Waals surface area contributed by atoms with Crippen molar-refractivity contribution in [3.63, 3.8) is 0 Å². The molecule has 0 saturated heterocycles. The molecule has 0 aliphatic rings. The number of hydrogen-bond acceptors (Lipinski definition) is 5. The quantitative estimate of drug-likeness (QED) is 0.766. The minimum atomic E-state index is -0.273. The molecule has 1 aromatic carbocycles. The highest BCUT2D eigenvalue weighted by Crippen LogP contribution is 2.15. The van der Waals surface area contributed by atoms with Crippen molar-refractivity contribution >= 4 is 5.91 Å². The second-order valence-corrected chi connectivity index (χ2v) is 5.77. The van der Waals surface area contributed by atoms with E-state index >= 15 is 0 Å². The summed E-state index contributed by atoms with van der Waals surface area (Å²) in [6.45, 7) is 4.03. The van der Waals surface area contributed by atoms with Gasteiger partial charge in [0.1, 0.15) is 6.54 Å². The Morgan fingerprint density at radius 3 is 2.56 bits per heavy atom. The molecule has 0 aliphatic carbocycles. The fourth-order valence-corrected chi connectivity index (χ4v) is 2.31. The standard InChI is InChI=1S/C18H18N4O3/c1-12-3-5-14(6-4-12)9-19-16(23)11-22-10-15(7-8-17(22)24)18-21-20-13(2)25-18/h3-8,10H,9,11H2,1-2H3,(H,19,23). The smallest absolute Gasteiger partial charge is 0.251 e. The van der Waals surface area contributed by atoms with Crippen LogP contribution in [0.2, 0.25) is 0 Å². The number of pyridine rings is 1. The summed E-state index contributed by atoms with van der Waals surface area (Å²) in [5, 5.41) is 10.5. The molecule has 0 bridgehead atoms. The minimum Gasteiger partial charge on any atom is -0.421 e. The molecule has 2 heterocycles. The Labute approximate surface area is 144 Å². The highest BCUT2D eigenvalue weighted by molar-refractivity contribution is 5.75. The largest absolute Gasteiger partial charge is 0.421 e. The monoisotopic (exact) mass is 338 g/mol. The molecule has 2 aromatic heterocycles. The van der Waals surface area contributed by atoms with Crippen LogP contribution < -0.4 is 10.9 Å². The molecule has 128 valence electrons. The highest BCUT2D eigenvalue weighted by atomic mass is 16.4. The van der Waals surface area contributed by atoms with E-state index in [-0.39, 0.29) is 18.0 Å². The lowest BCUT2D eigenvalue weighted by Gasteiger charge is -2.08. The van der Waals surface area contributed by atoms with E-state index in [2.05, 4.69) is 15.5 Å². The van der Waals surface area contributed by atoms with Crippen LogP contribution in [-0.2, 0) is 17.9 Å². The third kappa shape index (κ3) is 4.20. The lowest BCUT2D eigenvalue weighted by Crippen LogP contribution is -2.31. The van der Waals surface area contributed by atoms with Crippen molar-refractivity contribution in [3.8, 4) is 11.5 Å². The fourth-order valence-electron chi connectivity index (χ4n) is 2.31. The summed E-state index contributed by atoms with van der Waals surface area (Å²) in [6, 6.07) is 10.9. The van der Waals surface area contributed by atoms with Gasteiger partial charge in [0.2, 0.25) is 17.7 Å². The van der Waals surface area contributed by atoms with E-state index in [0.717, 1.165) is 11.1 Å². The van der Waals surface area contributed by atoms with E-state index in [0.29, 0.717) is 23.9 Å². The van der Waals surface area contributed by atoms with E-state index < -0.39 is 0 Å². The molecule has 0 aliphatic heterocycles. The molecule has 3 aromatic rings. The van der Waals surface area contributed by atoms with Gasteiger partial charge in [-0.05, 0) is 18.6 Å². The van der Waals surface area contributed by atoms with E-state index in [4.69, 9.17) is 4.42 Å². The number of benzene rings is 1. The van der Waals surface area contributed by atoms with Gasteiger partial charge in [0.05, 0.1) is 5.56 Å². The molecule has 25 heavy (non-hydrogen) atoms. The molecule has 1 N–H and O–H groups in total. The third-order valence-electron chi connectivity index (χ3n) is 3.68. The lowest BCUT2D eigenvalue weighted by molar-refractivity contribution is -0.121. The Morgan fingerprint density at radius 2 is 1.88 bits per heavy atom. The zero-order valence-electron chi connectivity index (χ0n) is 14.0. The van der Waals surface area contributed by atoms with Crippen LogP contribution in [0.25, 0.3) is 11.5 Å². The highest BCUT2D eigenvalue weighted by Gasteiger charge is 2.10. The maximum atomic E-state index is 12.1. The molecular formula is C18H18N4O3. The van der Waals surface area contributed by atoms with Gasteiger partial charge in [-0.1, -0.05) is 29.8 Å². The van der Waals surface area contributed by atoms with Gasteiger partial charge >= 0.3 is 0 Å². The second kappa shape index (κ2) is 7.12. The summed E-state index contributed by atoms with van der Waals surface area (Å²) in [5.41, 5.74) is 2.48. The number of carbonyl (C=O) groups is 1. The van der Waals surface area contributed by atoms with E-state index in [1.807, 2.05) is 31.2 Å². The first-order valence-corrected chi connectivity index (χ1v) is 7.84. The van der Waals surface area contributed by atoms with Crippen LogP contribution in [0.1, 0.15) is 17.0 Å². The molecule has 0 radical (unpaired) electrons. The molecular weight excluding hydrogens is 320 g/mol. The van der Waals surface area contributed by atoms with Crippen LogP contribution in [0, 0.1) is 13.8 Å². The SMILES string of the molecule is Cc1ccc(CNC(=O)Cn2cc(-c3nnc(C)o3)ccc2=O)cc1. The predicted molar refractivity (Wildman–Crippen MR) is 91.8 cm³/mol. The molecule has 3 rings (SSSR count). The van der Waals surface area contributed by atoms with Crippen molar-refractivity contribution < 1.29 is 9.21 Å². The molecule has 0 fully saturated rings. The van der Waals surface area contributed by atoms with E-state index in [1.54, 1.807) is 19.2 Å². The Morgan fingerprint density at radius 1 is 1.12 bits per heavy atom. The zero-order chi connectivity index (χ0) is 17.8. The lowest BCUT2D eigenvalue weighted by atomic mass is 10.1. The average Bonchev–Trinajstić information content (AvgIpc) is 3.03. The average molecular weight is 338 g/mol. The molecule has 7 heteroatoms. The number of rotatable bonds is 5. The maximum absolute atomic E-state index is 12.1. The van der Waals surface area contributed by atoms with Gasteiger partial charge in [0.15, 0.2) is 0 Å². The van der Waals surface area contributed by atoms with Gasteiger partial charge in [-0.2, -0.15) is 0 Å². The predicted octanol–water partition coefficient (Wildman–Crippen LogP) is 1.83. The zero-order valence-corrected chi connectivity index (χ0v) is 14.0. The summed E-state index contributed by atoms with van der Waals surface area (Å²) >= 11 is 0. The third-order valence-corrected chi connectivity index (χ3v) is 3.68.